The van der Waals surface area contributed by atoms with Crippen LogP contribution in [0.4, 0.5) is 5.95 Å². The van der Waals surface area contributed by atoms with Gasteiger partial charge in [-0.3, -0.25) is 0 Å². The molecule has 1 unspecified atom stereocenters. The lowest BCUT2D eigenvalue weighted by Gasteiger charge is -2.24. The molecule has 1 saturated heterocycles. The fourth-order valence-corrected chi connectivity index (χ4v) is 4.41. The van der Waals surface area contributed by atoms with Crippen molar-refractivity contribution in [1.29, 1.82) is 0 Å². The van der Waals surface area contributed by atoms with Crippen LogP contribution in [0.1, 0.15) is 51.5 Å². The van der Waals surface area contributed by atoms with E-state index in [1.807, 2.05) is 6.20 Å². The summed E-state index contributed by atoms with van der Waals surface area (Å²) in [7, 11) is 0. The van der Waals surface area contributed by atoms with Gasteiger partial charge in [-0.1, -0.05) is 12.8 Å². The summed E-state index contributed by atoms with van der Waals surface area (Å²) in [5.41, 5.74) is 0. The van der Waals surface area contributed by atoms with Crippen LogP contribution in [0.25, 0.3) is 0 Å². The molecule has 1 aliphatic carbocycles. The molecule has 2 fully saturated rings. The van der Waals surface area contributed by atoms with E-state index in [0.717, 1.165) is 12.5 Å². The standard InChI is InChI=1S/C14H23N3S/c1-14(7-4-10-18-14)11-16-13-15-8-9-17(13)12-5-2-3-6-12/h8-9,12H,2-7,10-11H2,1H3,(H,15,16). The van der Waals surface area contributed by atoms with Crippen LogP contribution < -0.4 is 5.32 Å². The minimum Gasteiger partial charge on any atom is -0.354 e. The first-order valence-corrected chi connectivity index (χ1v) is 8.16. The van der Waals surface area contributed by atoms with Crippen LogP contribution in [-0.2, 0) is 0 Å². The Morgan fingerprint density at radius 1 is 1.44 bits per heavy atom. The van der Waals surface area contributed by atoms with Gasteiger partial charge in [0.25, 0.3) is 0 Å². The molecule has 0 amide bonds. The van der Waals surface area contributed by atoms with E-state index in [9.17, 15) is 0 Å². The summed E-state index contributed by atoms with van der Waals surface area (Å²) in [5, 5.41) is 3.58. The summed E-state index contributed by atoms with van der Waals surface area (Å²) in [6.45, 7) is 3.42. The topological polar surface area (TPSA) is 29.9 Å². The second kappa shape index (κ2) is 5.16. The summed E-state index contributed by atoms with van der Waals surface area (Å²) in [6.07, 6.45) is 12.1. The Labute approximate surface area is 114 Å². The van der Waals surface area contributed by atoms with Gasteiger partial charge in [0.1, 0.15) is 0 Å². The van der Waals surface area contributed by atoms with Gasteiger partial charge in [0.05, 0.1) is 0 Å². The van der Waals surface area contributed by atoms with Crippen molar-refractivity contribution >= 4 is 17.7 Å². The molecule has 3 rings (SSSR count). The van der Waals surface area contributed by atoms with Crippen molar-refractivity contribution in [2.75, 3.05) is 17.6 Å². The van der Waals surface area contributed by atoms with Crippen molar-refractivity contribution in [3.05, 3.63) is 12.4 Å². The number of anilines is 1. The molecule has 2 heterocycles. The Morgan fingerprint density at radius 3 is 3.00 bits per heavy atom. The Morgan fingerprint density at radius 2 is 2.28 bits per heavy atom. The molecular weight excluding hydrogens is 242 g/mol. The average Bonchev–Trinajstić information content (AvgIpc) is 3.08. The zero-order valence-corrected chi connectivity index (χ0v) is 12.0. The highest BCUT2D eigenvalue weighted by Crippen LogP contribution is 2.38. The van der Waals surface area contributed by atoms with Gasteiger partial charge in [0.15, 0.2) is 0 Å². The molecule has 1 aliphatic heterocycles. The minimum absolute atomic E-state index is 0.409. The molecule has 0 bridgehead atoms. The van der Waals surface area contributed by atoms with E-state index >= 15 is 0 Å². The average molecular weight is 265 g/mol. The van der Waals surface area contributed by atoms with Crippen LogP contribution in [-0.4, -0.2) is 26.6 Å². The molecule has 0 aromatic carbocycles. The van der Waals surface area contributed by atoms with Gasteiger partial charge < -0.3 is 9.88 Å². The van der Waals surface area contributed by atoms with Gasteiger partial charge in [0.2, 0.25) is 5.95 Å². The van der Waals surface area contributed by atoms with Gasteiger partial charge in [-0.25, -0.2) is 4.98 Å². The van der Waals surface area contributed by atoms with Crippen LogP contribution in [0, 0.1) is 0 Å². The first-order chi connectivity index (χ1) is 8.77. The summed E-state index contributed by atoms with van der Waals surface area (Å²) in [5.74, 6) is 2.39. The minimum atomic E-state index is 0.409. The fraction of sp³-hybridized carbons (Fsp3) is 0.786. The Bertz CT molecular complexity index is 389. The second-order valence-corrected chi connectivity index (χ2v) is 7.53. The zero-order valence-electron chi connectivity index (χ0n) is 11.2. The number of thioether (sulfide) groups is 1. The Hall–Kier alpha value is -0.640. The van der Waals surface area contributed by atoms with E-state index in [2.05, 4.69) is 39.8 Å². The van der Waals surface area contributed by atoms with Crippen molar-refractivity contribution in [2.45, 2.75) is 56.2 Å². The molecule has 1 atom stereocenters. The number of imidazole rings is 1. The van der Waals surface area contributed by atoms with Crippen LogP contribution in [0.5, 0.6) is 0 Å². The van der Waals surface area contributed by atoms with Crippen LogP contribution in [0.3, 0.4) is 0 Å². The van der Waals surface area contributed by atoms with Crippen molar-refractivity contribution in [3.8, 4) is 0 Å². The van der Waals surface area contributed by atoms with Gasteiger partial charge in [-0.2, -0.15) is 11.8 Å². The maximum absolute atomic E-state index is 4.50. The third-order valence-electron chi connectivity index (χ3n) is 4.31. The summed E-state index contributed by atoms with van der Waals surface area (Å²) >= 11 is 2.11. The molecule has 4 heteroatoms. The smallest absolute Gasteiger partial charge is 0.203 e. The number of hydrogen-bond acceptors (Lipinski definition) is 3. The first kappa shape index (κ1) is 12.4. The number of nitrogens with one attached hydrogen (secondary N) is 1. The number of hydrogen-bond donors (Lipinski definition) is 1. The third kappa shape index (κ3) is 2.53. The van der Waals surface area contributed by atoms with Gasteiger partial charge >= 0.3 is 0 Å². The van der Waals surface area contributed by atoms with E-state index in [4.69, 9.17) is 0 Å². The van der Waals surface area contributed by atoms with E-state index in [1.54, 1.807) is 0 Å². The quantitative estimate of drug-likeness (QED) is 0.900. The highest BCUT2D eigenvalue weighted by atomic mass is 32.2. The molecule has 18 heavy (non-hydrogen) atoms. The molecule has 0 radical (unpaired) electrons. The van der Waals surface area contributed by atoms with Gasteiger partial charge in [-0.15, -0.1) is 0 Å². The summed E-state index contributed by atoms with van der Waals surface area (Å²) < 4.78 is 2.77. The van der Waals surface area contributed by atoms with E-state index in [-0.39, 0.29) is 0 Å². The lowest BCUT2D eigenvalue weighted by Crippen LogP contribution is -2.28. The van der Waals surface area contributed by atoms with Crippen LogP contribution in [0.15, 0.2) is 12.4 Å². The predicted octanol–water partition coefficient (Wildman–Crippen LogP) is 3.70. The second-order valence-electron chi connectivity index (χ2n) is 5.85. The maximum atomic E-state index is 4.50. The van der Waals surface area contributed by atoms with E-state index in [1.165, 1.54) is 44.3 Å². The lowest BCUT2D eigenvalue weighted by molar-refractivity contribution is 0.520. The molecule has 2 aliphatic rings. The highest BCUT2D eigenvalue weighted by molar-refractivity contribution is 8.00. The van der Waals surface area contributed by atoms with Crippen molar-refractivity contribution in [3.63, 3.8) is 0 Å². The summed E-state index contributed by atoms with van der Waals surface area (Å²) in [6, 6.07) is 0.680. The molecule has 1 aromatic rings. The van der Waals surface area contributed by atoms with E-state index in [0.29, 0.717) is 10.8 Å². The Balaban J connectivity index is 1.64. The van der Waals surface area contributed by atoms with Crippen molar-refractivity contribution < 1.29 is 0 Å². The first-order valence-electron chi connectivity index (χ1n) is 7.18. The summed E-state index contributed by atoms with van der Waals surface area (Å²) in [4.78, 5) is 4.50. The van der Waals surface area contributed by atoms with Crippen LogP contribution in [0.2, 0.25) is 0 Å². The number of rotatable bonds is 4. The number of aromatic nitrogens is 2. The van der Waals surface area contributed by atoms with E-state index < -0.39 is 0 Å². The molecule has 0 spiro atoms. The lowest BCUT2D eigenvalue weighted by atomic mass is 10.1. The Kier molecular flexibility index (Phi) is 3.55. The van der Waals surface area contributed by atoms with Crippen molar-refractivity contribution in [1.82, 2.24) is 9.55 Å². The highest BCUT2D eigenvalue weighted by Gasteiger charge is 2.29. The molecular formula is C14H23N3S. The third-order valence-corrected chi connectivity index (χ3v) is 5.85. The van der Waals surface area contributed by atoms with Crippen LogP contribution >= 0.6 is 11.8 Å². The normalized spacial score (nSPS) is 28.9. The molecule has 3 nitrogen and oxygen atoms in total. The fourth-order valence-electron chi connectivity index (χ4n) is 3.17. The monoisotopic (exact) mass is 265 g/mol. The van der Waals surface area contributed by atoms with Crippen molar-refractivity contribution in [2.24, 2.45) is 0 Å². The maximum Gasteiger partial charge on any atom is 0.203 e. The largest absolute Gasteiger partial charge is 0.354 e. The predicted molar refractivity (Wildman–Crippen MR) is 78.3 cm³/mol. The molecule has 1 saturated carbocycles. The molecule has 1 N–H and O–H groups in total. The van der Waals surface area contributed by atoms with Gasteiger partial charge in [0, 0.05) is 29.7 Å². The molecule has 100 valence electrons. The SMILES string of the molecule is CC1(CNc2nccn2C2CCCC2)CCCS1. The number of nitrogens with zero attached hydrogens (tertiary/aromatic N) is 2. The molecule has 1 aromatic heterocycles. The van der Waals surface area contributed by atoms with Gasteiger partial charge in [-0.05, 0) is 38.4 Å². The zero-order chi connectivity index (χ0) is 12.4.